The zero-order valence-electron chi connectivity index (χ0n) is 13.2. The molecule has 0 spiro atoms. The third-order valence-electron chi connectivity index (χ3n) is 3.88. The molecule has 2 aromatic carbocycles. The third kappa shape index (κ3) is 2.98. The second-order valence-electron chi connectivity index (χ2n) is 5.93. The Morgan fingerprint density at radius 2 is 1.70 bits per heavy atom. The van der Waals surface area contributed by atoms with E-state index in [9.17, 15) is 9.90 Å². The molecule has 0 fully saturated rings. The number of aromatic carboxylic acids is 1. The number of aromatic nitrogens is 1. The Balaban J connectivity index is 2.25. The summed E-state index contributed by atoms with van der Waals surface area (Å²) in [7, 11) is 0. The number of H-pyrrole nitrogens is 1. The van der Waals surface area contributed by atoms with Gasteiger partial charge in [-0.15, -0.1) is 0 Å². The Morgan fingerprint density at radius 3 is 2.35 bits per heavy atom. The molecule has 1 heterocycles. The van der Waals surface area contributed by atoms with Crippen molar-refractivity contribution in [1.82, 2.24) is 10.3 Å². The molecule has 1 unspecified atom stereocenters. The van der Waals surface area contributed by atoms with Crippen LogP contribution in [-0.2, 0) is 0 Å². The van der Waals surface area contributed by atoms with Gasteiger partial charge in [0.1, 0.15) is 5.69 Å². The van der Waals surface area contributed by atoms with Crippen LogP contribution in [0.15, 0.2) is 54.6 Å². The predicted octanol–water partition coefficient (Wildman–Crippen LogP) is 3.95. The number of hydrogen-bond donors (Lipinski definition) is 3. The highest BCUT2D eigenvalue weighted by Crippen LogP contribution is 2.32. The zero-order chi connectivity index (χ0) is 16.4. The molecule has 0 aliphatic rings. The SMILES string of the molecule is CC(C)NC(c1ccccc1)c1c(C(=O)O)[nH]c2ccccc12. The minimum Gasteiger partial charge on any atom is -0.477 e. The molecule has 0 bridgehead atoms. The van der Waals surface area contributed by atoms with Crippen LogP contribution in [0, 0.1) is 0 Å². The molecule has 0 aliphatic carbocycles. The Kier molecular flexibility index (Phi) is 4.17. The van der Waals surface area contributed by atoms with Crippen LogP contribution in [0.2, 0.25) is 0 Å². The molecular weight excluding hydrogens is 288 g/mol. The molecule has 4 nitrogen and oxygen atoms in total. The van der Waals surface area contributed by atoms with Crippen LogP contribution in [0.25, 0.3) is 10.9 Å². The Bertz CT molecular complexity index is 822. The monoisotopic (exact) mass is 308 g/mol. The summed E-state index contributed by atoms with van der Waals surface area (Å²) in [5, 5.41) is 14.1. The Morgan fingerprint density at radius 1 is 1.04 bits per heavy atom. The summed E-state index contributed by atoms with van der Waals surface area (Å²) in [6.07, 6.45) is 0. The lowest BCUT2D eigenvalue weighted by atomic mass is 9.95. The molecule has 0 saturated heterocycles. The van der Waals surface area contributed by atoms with Gasteiger partial charge in [0.15, 0.2) is 0 Å². The standard InChI is InChI=1S/C19H20N2O2/c1-12(2)20-17(13-8-4-3-5-9-13)16-14-10-6-7-11-15(14)21-18(16)19(22)23/h3-12,17,20-21H,1-2H3,(H,22,23). The molecule has 0 saturated carbocycles. The second-order valence-corrected chi connectivity index (χ2v) is 5.93. The lowest BCUT2D eigenvalue weighted by Crippen LogP contribution is -2.30. The molecule has 4 heteroatoms. The molecule has 3 N–H and O–H groups in total. The van der Waals surface area contributed by atoms with E-state index in [4.69, 9.17) is 0 Å². The smallest absolute Gasteiger partial charge is 0.352 e. The predicted molar refractivity (Wildman–Crippen MR) is 91.8 cm³/mol. The first-order valence-corrected chi connectivity index (χ1v) is 7.73. The summed E-state index contributed by atoms with van der Waals surface area (Å²) in [6.45, 7) is 4.12. The minimum absolute atomic E-state index is 0.182. The summed E-state index contributed by atoms with van der Waals surface area (Å²) in [5.74, 6) is -0.942. The van der Waals surface area contributed by atoms with Gasteiger partial charge >= 0.3 is 5.97 Å². The molecule has 3 rings (SSSR count). The van der Waals surface area contributed by atoms with Crippen molar-refractivity contribution in [3.63, 3.8) is 0 Å². The average Bonchev–Trinajstić information content (AvgIpc) is 2.93. The van der Waals surface area contributed by atoms with Gasteiger partial charge in [0, 0.05) is 22.5 Å². The quantitative estimate of drug-likeness (QED) is 0.668. The molecule has 0 radical (unpaired) electrons. The van der Waals surface area contributed by atoms with Gasteiger partial charge in [-0.25, -0.2) is 4.79 Å². The molecule has 118 valence electrons. The van der Waals surface area contributed by atoms with Gasteiger partial charge in [0.2, 0.25) is 0 Å². The molecule has 3 aromatic rings. The number of benzene rings is 2. The van der Waals surface area contributed by atoms with Crippen molar-refractivity contribution in [3.8, 4) is 0 Å². The summed E-state index contributed by atoms with van der Waals surface area (Å²) in [5.41, 5.74) is 2.92. The van der Waals surface area contributed by atoms with E-state index in [1.54, 1.807) is 0 Å². The van der Waals surface area contributed by atoms with Crippen LogP contribution in [0.3, 0.4) is 0 Å². The molecule has 23 heavy (non-hydrogen) atoms. The first-order valence-electron chi connectivity index (χ1n) is 7.73. The average molecular weight is 308 g/mol. The van der Waals surface area contributed by atoms with Gasteiger partial charge in [0.05, 0.1) is 6.04 Å². The number of carboxylic acid groups (broad SMARTS) is 1. The number of nitrogens with one attached hydrogen (secondary N) is 2. The van der Waals surface area contributed by atoms with Crippen molar-refractivity contribution in [3.05, 3.63) is 71.4 Å². The molecule has 1 atom stereocenters. The number of para-hydroxylation sites is 1. The molecule has 0 amide bonds. The van der Waals surface area contributed by atoms with E-state index in [1.807, 2.05) is 54.6 Å². The van der Waals surface area contributed by atoms with Crippen LogP contribution in [0.1, 0.15) is 41.5 Å². The van der Waals surface area contributed by atoms with E-state index in [1.165, 1.54) is 0 Å². The van der Waals surface area contributed by atoms with E-state index in [0.717, 1.165) is 22.0 Å². The fourth-order valence-corrected chi connectivity index (χ4v) is 2.96. The molecular formula is C19H20N2O2. The van der Waals surface area contributed by atoms with Crippen molar-refractivity contribution >= 4 is 16.9 Å². The highest BCUT2D eigenvalue weighted by Gasteiger charge is 2.25. The lowest BCUT2D eigenvalue weighted by molar-refractivity contribution is 0.0689. The second kappa shape index (κ2) is 6.26. The highest BCUT2D eigenvalue weighted by molar-refractivity contribution is 5.98. The largest absolute Gasteiger partial charge is 0.477 e. The lowest BCUT2D eigenvalue weighted by Gasteiger charge is -2.22. The van der Waals surface area contributed by atoms with Crippen molar-refractivity contribution < 1.29 is 9.90 Å². The van der Waals surface area contributed by atoms with Crippen molar-refractivity contribution in [1.29, 1.82) is 0 Å². The van der Waals surface area contributed by atoms with Crippen molar-refractivity contribution in [2.75, 3.05) is 0 Å². The summed E-state index contributed by atoms with van der Waals surface area (Å²) < 4.78 is 0. The first-order chi connectivity index (χ1) is 11.1. The van der Waals surface area contributed by atoms with Gasteiger partial charge in [0.25, 0.3) is 0 Å². The summed E-state index contributed by atoms with van der Waals surface area (Å²) in [6, 6.07) is 17.7. The summed E-state index contributed by atoms with van der Waals surface area (Å²) >= 11 is 0. The maximum Gasteiger partial charge on any atom is 0.352 e. The van der Waals surface area contributed by atoms with Gasteiger partial charge < -0.3 is 15.4 Å². The molecule has 1 aromatic heterocycles. The minimum atomic E-state index is -0.942. The normalized spacial score (nSPS) is 12.7. The van der Waals surface area contributed by atoms with Gasteiger partial charge in [-0.2, -0.15) is 0 Å². The maximum atomic E-state index is 11.8. The third-order valence-corrected chi connectivity index (χ3v) is 3.88. The number of hydrogen-bond acceptors (Lipinski definition) is 2. The number of carbonyl (C=O) groups is 1. The van der Waals surface area contributed by atoms with E-state index in [-0.39, 0.29) is 17.8 Å². The highest BCUT2D eigenvalue weighted by atomic mass is 16.4. The number of aromatic amines is 1. The Labute approximate surface area is 135 Å². The number of carboxylic acids is 1. The van der Waals surface area contributed by atoms with Crippen LogP contribution in [-0.4, -0.2) is 22.1 Å². The zero-order valence-corrected chi connectivity index (χ0v) is 13.2. The number of fused-ring (bicyclic) bond motifs is 1. The van der Waals surface area contributed by atoms with Crippen LogP contribution >= 0.6 is 0 Å². The van der Waals surface area contributed by atoms with Gasteiger partial charge in [-0.1, -0.05) is 48.5 Å². The van der Waals surface area contributed by atoms with E-state index in [2.05, 4.69) is 24.1 Å². The van der Waals surface area contributed by atoms with Gasteiger partial charge in [-0.3, -0.25) is 0 Å². The fourth-order valence-electron chi connectivity index (χ4n) is 2.96. The van der Waals surface area contributed by atoms with E-state index < -0.39 is 5.97 Å². The maximum absolute atomic E-state index is 11.8. The topological polar surface area (TPSA) is 65.1 Å². The van der Waals surface area contributed by atoms with Gasteiger partial charge in [-0.05, 0) is 25.5 Å². The summed E-state index contributed by atoms with van der Waals surface area (Å²) in [4.78, 5) is 14.8. The first kappa shape index (κ1) is 15.3. The Hall–Kier alpha value is -2.59. The van der Waals surface area contributed by atoms with Crippen molar-refractivity contribution in [2.24, 2.45) is 0 Å². The van der Waals surface area contributed by atoms with Crippen LogP contribution in [0.4, 0.5) is 0 Å². The fraction of sp³-hybridized carbons (Fsp3) is 0.211. The van der Waals surface area contributed by atoms with Crippen LogP contribution in [0.5, 0.6) is 0 Å². The number of rotatable bonds is 5. The molecule has 0 aliphatic heterocycles. The van der Waals surface area contributed by atoms with Crippen molar-refractivity contribution in [2.45, 2.75) is 25.9 Å². The van der Waals surface area contributed by atoms with E-state index in [0.29, 0.717) is 0 Å². The van der Waals surface area contributed by atoms with Crippen LogP contribution < -0.4 is 5.32 Å². The van der Waals surface area contributed by atoms with E-state index >= 15 is 0 Å².